The number of amides is 1. The minimum Gasteiger partial charge on any atom is -0.324 e. The van der Waals surface area contributed by atoms with E-state index < -0.39 is 0 Å². The number of hydrogen-bond donors (Lipinski definition) is 2. The molecule has 0 atom stereocenters. The van der Waals surface area contributed by atoms with Gasteiger partial charge in [0, 0.05) is 23.2 Å². The average molecular weight is 502 g/mol. The molecule has 8 heteroatoms. The predicted molar refractivity (Wildman–Crippen MR) is 140 cm³/mol. The van der Waals surface area contributed by atoms with Gasteiger partial charge in [0.05, 0.1) is 29.0 Å². The molecule has 2 heterocycles. The van der Waals surface area contributed by atoms with Crippen LogP contribution in [0.5, 0.6) is 0 Å². The van der Waals surface area contributed by atoms with Crippen LogP contribution < -0.4 is 10.9 Å². The number of rotatable bonds is 5. The standard InChI is InChI=1S/C27H21Cl2N5O/c1-17(35)31-22-14-15-25(29)32-26(22)18-10-12-20(13-11-18)34-24-9-5-4-8-23(24)33(27(34)30)16-19-6-2-3-7-21(19)28/h2-15,30H,16H2,1H3,(H,31,35). The fourth-order valence-electron chi connectivity index (χ4n) is 4.16. The third kappa shape index (κ3) is 4.46. The Hall–Kier alpha value is -3.87. The van der Waals surface area contributed by atoms with Gasteiger partial charge in [0.15, 0.2) is 0 Å². The van der Waals surface area contributed by atoms with Crippen molar-refractivity contribution in [3.8, 4) is 16.9 Å². The number of hydrogen-bond acceptors (Lipinski definition) is 3. The Labute approximate surface area is 211 Å². The van der Waals surface area contributed by atoms with Crippen LogP contribution in [0.25, 0.3) is 28.0 Å². The summed E-state index contributed by atoms with van der Waals surface area (Å²) in [6, 6.07) is 26.7. The Morgan fingerprint density at radius 2 is 1.60 bits per heavy atom. The number of nitrogens with zero attached hydrogens (tertiary/aromatic N) is 3. The summed E-state index contributed by atoms with van der Waals surface area (Å²) in [7, 11) is 0. The molecule has 1 amide bonds. The molecule has 5 aromatic rings. The first-order valence-corrected chi connectivity index (χ1v) is 11.7. The average Bonchev–Trinajstić information content (AvgIpc) is 3.13. The van der Waals surface area contributed by atoms with Crippen molar-refractivity contribution in [3.05, 3.63) is 106 Å². The number of pyridine rings is 1. The first-order valence-electron chi connectivity index (χ1n) is 11.0. The van der Waals surface area contributed by atoms with E-state index in [0.29, 0.717) is 33.7 Å². The molecule has 2 N–H and O–H groups in total. The van der Waals surface area contributed by atoms with Gasteiger partial charge in [-0.2, -0.15) is 0 Å². The third-order valence-electron chi connectivity index (χ3n) is 5.74. The first kappa shape index (κ1) is 22.9. The monoisotopic (exact) mass is 501 g/mol. The van der Waals surface area contributed by atoms with E-state index in [9.17, 15) is 4.79 Å². The molecule has 3 aromatic carbocycles. The lowest BCUT2D eigenvalue weighted by molar-refractivity contribution is -0.114. The zero-order chi connectivity index (χ0) is 24.5. The molecule has 0 aliphatic carbocycles. The third-order valence-corrected chi connectivity index (χ3v) is 6.32. The Morgan fingerprint density at radius 1 is 0.914 bits per heavy atom. The molecule has 0 spiro atoms. The summed E-state index contributed by atoms with van der Waals surface area (Å²) >= 11 is 12.5. The van der Waals surface area contributed by atoms with Gasteiger partial charge in [0.2, 0.25) is 11.5 Å². The molecule has 0 aliphatic heterocycles. The number of aromatic nitrogens is 3. The van der Waals surface area contributed by atoms with E-state index in [1.165, 1.54) is 6.92 Å². The van der Waals surface area contributed by atoms with Gasteiger partial charge in [-0.25, -0.2) is 4.98 Å². The molecule has 6 nitrogen and oxygen atoms in total. The normalized spacial score (nSPS) is 11.1. The molecule has 0 saturated carbocycles. The van der Waals surface area contributed by atoms with E-state index in [1.54, 1.807) is 12.1 Å². The maximum atomic E-state index is 11.6. The number of halogens is 2. The second-order valence-electron chi connectivity index (χ2n) is 8.08. The van der Waals surface area contributed by atoms with Crippen LogP contribution in [-0.4, -0.2) is 20.0 Å². The van der Waals surface area contributed by atoms with Crippen LogP contribution in [0.4, 0.5) is 5.69 Å². The van der Waals surface area contributed by atoms with Gasteiger partial charge in [-0.15, -0.1) is 0 Å². The van der Waals surface area contributed by atoms with Gasteiger partial charge >= 0.3 is 0 Å². The highest BCUT2D eigenvalue weighted by Gasteiger charge is 2.15. The molecule has 0 saturated heterocycles. The summed E-state index contributed by atoms with van der Waals surface area (Å²) in [5, 5.41) is 12.8. The summed E-state index contributed by atoms with van der Waals surface area (Å²) in [4.78, 5) is 16.0. The van der Waals surface area contributed by atoms with Crippen molar-refractivity contribution in [1.82, 2.24) is 14.1 Å². The highest BCUT2D eigenvalue weighted by molar-refractivity contribution is 6.31. The SMILES string of the molecule is CC(=O)Nc1ccc(Cl)nc1-c1ccc(-n2c(=N)n(Cc3ccccc3Cl)c3ccccc32)cc1. The molecule has 0 fully saturated rings. The van der Waals surface area contributed by atoms with E-state index in [4.69, 9.17) is 28.6 Å². The molecule has 2 aromatic heterocycles. The highest BCUT2D eigenvalue weighted by atomic mass is 35.5. The summed E-state index contributed by atoms with van der Waals surface area (Å²) < 4.78 is 3.84. The van der Waals surface area contributed by atoms with Gasteiger partial charge < -0.3 is 9.88 Å². The number of para-hydroxylation sites is 2. The molecule has 5 rings (SSSR count). The van der Waals surface area contributed by atoms with Crippen molar-refractivity contribution >= 4 is 45.8 Å². The number of benzene rings is 3. The van der Waals surface area contributed by atoms with Crippen molar-refractivity contribution in [2.45, 2.75) is 13.5 Å². The smallest absolute Gasteiger partial charge is 0.221 e. The van der Waals surface area contributed by atoms with Gasteiger partial charge in [0.25, 0.3) is 0 Å². The van der Waals surface area contributed by atoms with E-state index >= 15 is 0 Å². The number of anilines is 1. The van der Waals surface area contributed by atoms with Crippen LogP contribution in [-0.2, 0) is 11.3 Å². The van der Waals surface area contributed by atoms with Crippen molar-refractivity contribution in [1.29, 1.82) is 5.41 Å². The lowest BCUT2D eigenvalue weighted by Gasteiger charge is -2.11. The van der Waals surface area contributed by atoms with Gasteiger partial charge in [-0.1, -0.05) is 65.7 Å². The lowest BCUT2D eigenvalue weighted by atomic mass is 10.1. The lowest BCUT2D eigenvalue weighted by Crippen LogP contribution is -2.24. The fraction of sp³-hybridized carbons (Fsp3) is 0.0741. The summed E-state index contributed by atoms with van der Waals surface area (Å²) in [6.45, 7) is 1.93. The largest absolute Gasteiger partial charge is 0.324 e. The number of carbonyl (C=O) groups excluding carboxylic acids is 1. The second kappa shape index (κ2) is 9.41. The molecule has 0 bridgehead atoms. The molecule has 174 valence electrons. The van der Waals surface area contributed by atoms with Crippen molar-refractivity contribution < 1.29 is 4.79 Å². The van der Waals surface area contributed by atoms with E-state index in [-0.39, 0.29) is 5.91 Å². The second-order valence-corrected chi connectivity index (χ2v) is 8.88. The fourth-order valence-corrected chi connectivity index (χ4v) is 4.51. The van der Waals surface area contributed by atoms with Crippen molar-refractivity contribution in [3.63, 3.8) is 0 Å². The minimum atomic E-state index is -0.187. The molecular weight excluding hydrogens is 481 g/mol. The number of fused-ring (bicyclic) bond motifs is 1. The summed E-state index contributed by atoms with van der Waals surface area (Å²) in [5.74, 6) is -0.187. The van der Waals surface area contributed by atoms with Gasteiger partial charge in [-0.05, 0) is 48.0 Å². The predicted octanol–water partition coefficient (Wildman–Crippen LogP) is 6.29. The number of carbonyl (C=O) groups is 1. The molecule has 35 heavy (non-hydrogen) atoms. The summed E-state index contributed by atoms with van der Waals surface area (Å²) in [6.07, 6.45) is 0. The van der Waals surface area contributed by atoms with Crippen LogP contribution in [0, 0.1) is 5.41 Å². The Bertz CT molecular complexity index is 1620. The van der Waals surface area contributed by atoms with Crippen LogP contribution in [0.2, 0.25) is 10.2 Å². The summed E-state index contributed by atoms with van der Waals surface area (Å²) in [5.41, 5.74) is 5.92. The topological polar surface area (TPSA) is 75.7 Å². The number of nitrogens with one attached hydrogen (secondary N) is 2. The van der Waals surface area contributed by atoms with Gasteiger partial charge in [0.1, 0.15) is 5.15 Å². The Morgan fingerprint density at radius 3 is 2.31 bits per heavy atom. The Kier molecular flexibility index (Phi) is 6.16. The molecular formula is C27H21Cl2N5O. The van der Waals surface area contributed by atoms with Crippen LogP contribution in [0.15, 0.2) is 84.9 Å². The quantitative estimate of drug-likeness (QED) is 0.277. The van der Waals surface area contributed by atoms with Crippen molar-refractivity contribution in [2.24, 2.45) is 0 Å². The maximum absolute atomic E-state index is 11.6. The van der Waals surface area contributed by atoms with E-state index in [0.717, 1.165) is 27.8 Å². The molecule has 0 unspecified atom stereocenters. The first-order chi connectivity index (χ1) is 16.9. The number of imidazole rings is 1. The van der Waals surface area contributed by atoms with Crippen LogP contribution >= 0.6 is 23.2 Å². The minimum absolute atomic E-state index is 0.187. The van der Waals surface area contributed by atoms with Crippen molar-refractivity contribution in [2.75, 3.05) is 5.32 Å². The maximum Gasteiger partial charge on any atom is 0.221 e. The van der Waals surface area contributed by atoms with Crippen LogP contribution in [0.3, 0.4) is 0 Å². The van der Waals surface area contributed by atoms with E-state index in [1.807, 2.05) is 81.9 Å². The molecule has 0 aliphatic rings. The highest BCUT2D eigenvalue weighted by Crippen LogP contribution is 2.29. The van der Waals surface area contributed by atoms with E-state index in [2.05, 4.69) is 10.3 Å². The zero-order valence-electron chi connectivity index (χ0n) is 18.8. The Balaban J connectivity index is 1.60. The van der Waals surface area contributed by atoms with Crippen LogP contribution in [0.1, 0.15) is 12.5 Å². The molecule has 0 radical (unpaired) electrons. The van der Waals surface area contributed by atoms with Gasteiger partial charge in [-0.3, -0.25) is 14.8 Å². The zero-order valence-corrected chi connectivity index (χ0v) is 20.3.